The Morgan fingerprint density at radius 1 is 1.50 bits per heavy atom. The van der Waals surface area contributed by atoms with Crippen molar-refractivity contribution in [3.05, 3.63) is 28.4 Å². The third-order valence-electron chi connectivity index (χ3n) is 3.91. The number of pyridine rings is 1. The number of nitrogens with two attached hydrogens (primary N) is 1. The molecule has 0 saturated carbocycles. The van der Waals surface area contributed by atoms with Crippen LogP contribution in [0.1, 0.15) is 24.0 Å². The molecule has 1 aliphatic rings. The number of anilines is 2. The highest BCUT2D eigenvalue weighted by molar-refractivity contribution is 6.32. The van der Waals surface area contributed by atoms with E-state index in [1.807, 2.05) is 6.07 Å². The zero-order valence-electron chi connectivity index (χ0n) is 13.3. The first-order valence-corrected chi connectivity index (χ1v) is 8.06. The summed E-state index contributed by atoms with van der Waals surface area (Å²) in [6, 6.07) is 2.58. The van der Waals surface area contributed by atoms with Crippen LogP contribution < -0.4 is 11.1 Å². The third kappa shape index (κ3) is 3.54. The number of alkyl halides is 3. The normalized spacial score (nSPS) is 17.3. The lowest BCUT2D eigenvalue weighted by Gasteiger charge is -2.18. The van der Waals surface area contributed by atoms with Crippen molar-refractivity contribution in [1.29, 1.82) is 5.26 Å². The molecule has 0 bridgehead atoms. The summed E-state index contributed by atoms with van der Waals surface area (Å²) in [5.41, 5.74) is 4.84. The van der Waals surface area contributed by atoms with Crippen molar-refractivity contribution in [1.82, 2.24) is 14.8 Å². The lowest BCUT2D eigenvalue weighted by molar-refractivity contribution is -0.137. The summed E-state index contributed by atoms with van der Waals surface area (Å²) in [5, 5.41) is 15.2. The highest BCUT2D eigenvalue weighted by Gasteiger charge is 2.36. The number of nitriles is 1. The summed E-state index contributed by atoms with van der Waals surface area (Å²) in [6.45, 7) is 0.758. The molecule has 1 fully saturated rings. The SMILES string of the molecule is N#Cc1cnn(-c2nc(NC[C@H]3CCCO3)c(C(F)(F)F)cc2Cl)c1N. The molecule has 3 N–H and O–H groups in total. The van der Waals surface area contributed by atoms with Gasteiger partial charge in [-0.25, -0.2) is 4.98 Å². The molecule has 0 spiro atoms. The Kier molecular flexibility index (Phi) is 4.93. The summed E-state index contributed by atoms with van der Waals surface area (Å²) < 4.78 is 46.5. The van der Waals surface area contributed by atoms with Gasteiger partial charge in [-0.05, 0) is 18.9 Å². The fraction of sp³-hybridized carbons (Fsp3) is 0.400. The maximum absolute atomic E-state index is 13.3. The molecule has 0 aromatic carbocycles. The second kappa shape index (κ2) is 7.01. The van der Waals surface area contributed by atoms with Gasteiger partial charge < -0.3 is 15.8 Å². The minimum absolute atomic E-state index is 0.0632. The molecule has 0 amide bonds. The third-order valence-corrected chi connectivity index (χ3v) is 4.19. The Morgan fingerprint density at radius 2 is 2.27 bits per heavy atom. The van der Waals surface area contributed by atoms with Gasteiger partial charge in [-0.1, -0.05) is 11.6 Å². The summed E-state index contributed by atoms with van der Waals surface area (Å²) in [5.74, 6) is -0.568. The van der Waals surface area contributed by atoms with E-state index < -0.39 is 17.6 Å². The van der Waals surface area contributed by atoms with Crippen LogP contribution in [0.15, 0.2) is 12.3 Å². The molecule has 7 nitrogen and oxygen atoms in total. The van der Waals surface area contributed by atoms with E-state index >= 15 is 0 Å². The van der Waals surface area contributed by atoms with Gasteiger partial charge >= 0.3 is 6.18 Å². The molecule has 11 heteroatoms. The van der Waals surface area contributed by atoms with Gasteiger partial charge in [0.15, 0.2) is 5.82 Å². The van der Waals surface area contributed by atoms with E-state index in [1.54, 1.807) is 0 Å². The maximum Gasteiger partial charge on any atom is 0.420 e. The van der Waals surface area contributed by atoms with E-state index in [-0.39, 0.29) is 34.9 Å². The molecule has 26 heavy (non-hydrogen) atoms. The molecule has 1 atom stereocenters. The number of hydrogen-bond donors (Lipinski definition) is 2. The molecule has 0 unspecified atom stereocenters. The van der Waals surface area contributed by atoms with Gasteiger partial charge in [0.25, 0.3) is 0 Å². The lowest BCUT2D eigenvalue weighted by Crippen LogP contribution is -2.22. The van der Waals surface area contributed by atoms with Crippen molar-refractivity contribution in [2.45, 2.75) is 25.1 Å². The minimum atomic E-state index is -4.65. The van der Waals surface area contributed by atoms with Crippen LogP contribution >= 0.6 is 11.6 Å². The molecule has 2 aromatic rings. The molecular formula is C15H14ClF3N6O. The second-order valence-corrected chi connectivity index (χ2v) is 6.08. The number of nitrogens with zero attached hydrogens (tertiary/aromatic N) is 4. The van der Waals surface area contributed by atoms with Crippen molar-refractivity contribution in [2.24, 2.45) is 0 Å². The summed E-state index contributed by atoms with van der Waals surface area (Å²) in [7, 11) is 0. The number of nitrogens with one attached hydrogen (secondary N) is 1. The van der Waals surface area contributed by atoms with E-state index in [0.717, 1.165) is 23.6 Å². The predicted molar refractivity (Wildman–Crippen MR) is 88.0 cm³/mol. The van der Waals surface area contributed by atoms with Crippen molar-refractivity contribution < 1.29 is 17.9 Å². The van der Waals surface area contributed by atoms with E-state index in [0.29, 0.717) is 6.61 Å². The monoisotopic (exact) mass is 386 g/mol. The molecule has 1 saturated heterocycles. The van der Waals surface area contributed by atoms with Crippen molar-refractivity contribution in [3.8, 4) is 11.9 Å². The van der Waals surface area contributed by atoms with Crippen molar-refractivity contribution in [2.75, 3.05) is 24.2 Å². The summed E-state index contributed by atoms with van der Waals surface area (Å²) in [4.78, 5) is 3.97. The summed E-state index contributed by atoms with van der Waals surface area (Å²) >= 11 is 5.98. The Morgan fingerprint density at radius 3 is 2.85 bits per heavy atom. The number of aromatic nitrogens is 3. The van der Waals surface area contributed by atoms with Crippen LogP contribution in [-0.4, -0.2) is 34.0 Å². The Labute approximate surface area is 151 Å². The number of halogens is 4. The zero-order chi connectivity index (χ0) is 18.9. The average molecular weight is 387 g/mol. The van der Waals surface area contributed by atoms with Gasteiger partial charge in [0.05, 0.1) is 22.9 Å². The largest absolute Gasteiger partial charge is 0.420 e. The standard InChI is InChI=1S/C15H14ClF3N6O/c16-11-4-10(15(17,18)19)13(22-7-9-2-1-3-26-9)24-14(11)25-12(21)8(5-20)6-23-25/h4,6,9H,1-3,7,21H2,(H,22,24)/t9-/m1/s1. The summed E-state index contributed by atoms with van der Waals surface area (Å²) in [6.07, 6.45) is -2.03. The van der Waals surface area contributed by atoms with Gasteiger partial charge in [0.1, 0.15) is 23.3 Å². The minimum Gasteiger partial charge on any atom is -0.382 e. The number of hydrogen-bond acceptors (Lipinski definition) is 6. The van der Waals surface area contributed by atoms with Crippen LogP contribution in [0, 0.1) is 11.3 Å². The molecule has 2 aromatic heterocycles. The number of rotatable bonds is 4. The zero-order valence-corrected chi connectivity index (χ0v) is 14.1. The fourth-order valence-corrected chi connectivity index (χ4v) is 2.84. The van der Waals surface area contributed by atoms with Gasteiger partial charge in [0, 0.05) is 13.2 Å². The number of nitrogen functional groups attached to an aromatic ring is 1. The molecule has 138 valence electrons. The van der Waals surface area contributed by atoms with Crippen LogP contribution in [0.4, 0.5) is 24.8 Å². The van der Waals surface area contributed by atoms with Gasteiger partial charge in [-0.15, -0.1) is 0 Å². The fourth-order valence-electron chi connectivity index (χ4n) is 2.61. The Balaban J connectivity index is 2.01. The van der Waals surface area contributed by atoms with Gasteiger partial charge in [0.2, 0.25) is 0 Å². The molecule has 0 radical (unpaired) electrons. The molecule has 3 heterocycles. The van der Waals surface area contributed by atoms with Gasteiger partial charge in [-0.3, -0.25) is 0 Å². The van der Waals surface area contributed by atoms with Crippen LogP contribution in [-0.2, 0) is 10.9 Å². The van der Waals surface area contributed by atoms with Crippen LogP contribution in [0.25, 0.3) is 5.82 Å². The quantitative estimate of drug-likeness (QED) is 0.837. The Hall–Kier alpha value is -2.51. The second-order valence-electron chi connectivity index (χ2n) is 5.67. The lowest BCUT2D eigenvalue weighted by atomic mass is 10.2. The van der Waals surface area contributed by atoms with E-state index in [1.165, 1.54) is 6.20 Å². The van der Waals surface area contributed by atoms with Crippen LogP contribution in [0.2, 0.25) is 5.02 Å². The van der Waals surface area contributed by atoms with Crippen LogP contribution in [0.5, 0.6) is 0 Å². The van der Waals surface area contributed by atoms with E-state index in [4.69, 9.17) is 27.3 Å². The average Bonchev–Trinajstić information content (AvgIpc) is 3.22. The number of ether oxygens (including phenoxy) is 1. The molecule has 1 aliphatic heterocycles. The van der Waals surface area contributed by atoms with Crippen molar-refractivity contribution >= 4 is 23.2 Å². The van der Waals surface area contributed by atoms with E-state index in [9.17, 15) is 13.2 Å². The molecule has 0 aliphatic carbocycles. The highest BCUT2D eigenvalue weighted by atomic mass is 35.5. The van der Waals surface area contributed by atoms with Gasteiger partial charge in [-0.2, -0.15) is 28.2 Å². The van der Waals surface area contributed by atoms with Crippen LogP contribution in [0.3, 0.4) is 0 Å². The first kappa shape index (κ1) is 18.3. The first-order valence-electron chi connectivity index (χ1n) is 7.68. The Bertz CT molecular complexity index is 854. The maximum atomic E-state index is 13.3. The highest BCUT2D eigenvalue weighted by Crippen LogP contribution is 2.37. The molecule has 3 rings (SSSR count). The smallest absolute Gasteiger partial charge is 0.382 e. The first-order chi connectivity index (χ1) is 12.3. The van der Waals surface area contributed by atoms with E-state index in [2.05, 4.69) is 15.4 Å². The van der Waals surface area contributed by atoms with Crippen molar-refractivity contribution in [3.63, 3.8) is 0 Å². The predicted octanol–water partition coefficient (Wildman–Crippen LogP) is 2.98. The topological polar surface area (TPSA) is 102 Å². The molecular weight excluding hydrogens is 373 g/mol.